The summed E-state index contributed by atoms with van der Waals surface area (Å²) in [5.41, 5.74) is 3.05. The fourth-order valence-corrected chi connectivity index (χ4v) is 15.5. The standard InChI is InChI=1S/C26H27NO.C26H26N.C3H8ClO2P.C3H9O3P.ClH/c28-16-19-11-17-10-18(12-19)14-27(13-17)15-23-7-6-22-5-4-20-2-1-3-21-8-9-24(23)26(22)25(20)21;1-2-20-4-5-22-6-7-23(24-9-8-21(3-1)25(20)26(22)24)16-27-13-17-10-18(14-27)12-19(11-17)15-27;2*1-3-6-7(2,4)5;/h1-9,17-19,28H,10-16H2;1-9,17-19H,10-16H2;3H2,1-2H3;3H2,1-2H3,(H,4,5);1H/q;+1;;;/p-1/t;;7-;;/m..0../s1. The lowest BCUT2D eigenvalue weighted by atomic mass is 9.66. The molecular weight excluding hydrogens is 953 g/mol. The number of rotatable bonds is 9. The van der Waals surface area contributed by atoms with E-state index in [-0.39, 0.29) is 19.0 Å². The van der Waals surface area contributed by atoms with E-state index in [1.807, 2.05) is 0 Å². The normalized spacial score (nSPS) is 26.5. The van der Waals surface area contributed by atoms with E-state index in [1.165, 1.54) is 159 Å². The fourth-order valence-electron chi connectivity index (χ4n) is 14.2. The third-order valence-electron chi connectivity index (χ3n) is 16.1. The smallest absolute Gasteiger partial charge is 0.287 e. The van der Waals surface area contributed by atoms with E-state index in [0.717, 1.165) is 42.8 Å². The van der Waals surface area contributed by atoms with Gasteiger partial charge >= 0.3 is 0 Å². The van der Waals surface area contributed by atoms with E-state index in [2.05, 4.69) is 123 Å². The molecule has 6 bridgehead atoms. The van der Waals surface area contributed by atoms with Crippen LogP contribution in [-0.4, -0.2) is 80.4 Å². The van der Waals surface area contributed by atoms with Crippen molar-refractivity contribution in [2.45, 2.75) is 65.5 Å². The maximum atomic E-state index is 10.4. The number of quaternary nitrogens is 1. The second kappa shape index (κ2) is 21.2. The molecule has 6 aliphatic rings. The number of halogens is 2. The zero-order valence-electron chi connectivity index (χ0n) is 41.2. The Labute approximate surface area is 425 Å². The minimum atomic E-state index is -3.42. The number of aliphatic hydroxyl groups is 1. The summed E-state index contributed by atoms with van der Waals surface area (Å²) >= 11 is 5.17. The number of likely N-dealkylation sites (tertiary alicyclic amines) is 1. The molecule has 4 heterocycles. The first-order chi connectivity index (χ1) is 33.2. The molecule has 4 aliphatic heterocycles. The van der Waals surface area contributed by atoms with Gasteiger partial charge in [-0.05, 0) is 152 Å². The molecule has 8 aromatic rings. The fraction of sp³-hybridized carbons (Fsp3) is 0.448. The largest absolute Gasteiger partial charge is 0.779 e. The van der Waals surface area contributed by atoms with Crippen molar-refractivity contribution in [3.05, 3.63) is 120 Å². The number of fused-ring (bicyclic) bond motifs is 2. The van der Waals surface area contributed by atoms with Gasteiger partial charge in [-0.15, -0.1) is 12.4 Å². The van der Waals surface area contributed by atoms with Crippen LogP contribution in [0.2, 0.25) is 0 Å². The van der Waals surface area contributed by atoms with Crippen molar-refractivity contribution in [3.63, 3.8) is 0 Å². The zero-order chi connectivity index (χ0) is 48.1. The molecule has 0 radical (unpaired) electrons. The first-order valence-electron chi connectivity index (χ1n) is 25.5. The molecule has 4 saturated heterocycles. The highest BCUT2D eigenvalue weighted by molar-refractivity contribution is 7.84. The number of benzene rings is 8. The molecule has 3 unspecified atom stereocenters. The second-order valence-electron chi connectivity index (χ2n) is 21.5. The molecule has 2 saturated carbocycles. The van der Waals surface area contributed by atoms with E-state index in [0.29, 0.717) is 19.1 Å². The molecule has 372 valence electrons. The highest BCUT2D eigenvalue weighted by atomic mass is 35.7. The van der Waals surface area contributed by atoms with Gasteiger partial charge in [0, 0.05) is 62.9 Å². The Bertz CT molecular complexity index is 3070. The van der Waals surface area contributed by atoms with Gasteiger partial charge in [0.1, 0.15) is 14.1 Å². The van der Waals surface area contributed by atoms with Crippen LogP contribution in [0.4, 0.5) is 0 Å². The summed E-state index contributed by atoms with van der Waals surface area (Å²) in [7, 11) is -3.42. The molecule has 1 N–H and O–H groups in total. The van der Waals surface area contributed by atoms with Crippen LogP contribution in [0.15, 0.2) is 109 Å². The molecule has 4 atom stereocenters. The van der Waals surface area contributed by atoms with Gasteiger partial charge in [-0.25, -0.2) is 0 Å². The monoisotopic (exact) mass is 1020 g/mol. The lowest BCUT2D eigenvalue weighted by Gasteiger charge is -2.58. The van der Waals surface area contributed by atoms with Crippen LogP contribution < -0.4 is 4.89 Å². The maximum absolute atomic E-state index is 10.4. The molecular formula is C58H70Cl2N2O6P2. The van der Waals surface area contributed by atoms with Gasteiger partial charge in [-0.1, -0.05) is 109 Å². The molecule has 0 amide bonds. The molecule has 0 aromatic heterocycles. The molecule has 8 aromatic carbocycles. The number of hydrogen-bond donors (Lipinski definition) is 1. The van der Waals surface area contributed by atoms with E-state index >= 15 is 0 Å². The van der Waals surface area contributed by atoms with Crippen LogP contribution in [0.1, 0.15) is 63.5 Å². The summed E-state index contributed by atoms with van der Waals surface area (Å²) < 4.78 is 30.6. The first-order valence-corrected chi connectivity index (χ1v) is 30.5. The minimum absolute atomic E-state index is 0. The van der Waals surface area contributed by atoms with Crippen LogP contribution in [0.5, 0.6) is 0 Å². The van der Waals surface area contributed by atoms with Crippen LogP contribution in [0.3, 0.4) is 0 Å². The van der Waals surface area contributed by atoms with Gasteiger partial charge in [-0.2, -0.15) is 0 Å². The summed E-state index contributed by atoms with van der Waals surface area (Å²) in [6.07, 6.45) is 8.36. The Balaban J connectivity index is 0.000000136. The number of aliphatic hydroxyl groups excluding tert-OH is 1. The lowest BCUT2D eigenvalue weighted by Crippen LogP contribution is -2.65. The first kappa shape index (κ1) is 51.5. The Morgan fingerprint density at radius 1 is 0.586 bits per heavy atom. The average Bonchev–Trinajstić information content (AvgIpc) is 3.30. The molecule has 70 heavy (non-hydrogen) atoms. The molecule has 8 nitrogen and oxygen atoms in total. The highest BCUT2D eigenvalue weighted by Crippen LogP contribution is 2.49. The average molecular weight is 1020 g/mol. The molecule has 6 fully saturated rings. The lowest BCUT2D eigenvalue weighted by molar-refractivity contribution is -0.966. The summed E-state index contributed by atoms with van der Waals surface area (Å²) in [6, 6.07) is 41.4. The van der Waals surface area contributed by atoms with Gasteiger partial charge in [0.25, 0.3) is 6.72 Å². The van der Waals surface area contributed by atoms with Crippen LogP contribution in [0.25, 0.3) is 64.6 Å². The predicted molar refractivity (Wildman–Crippen MR) is 293 cm³/mol. The predicted octanol–water partition coefficient (Wildman–Crippen LogP) is 14.1. The number of hydrogen-bond acceptors (Lipinski definition) is 7. The van der Waals surface area contributed by atoms with Crippen molar-refractivity contribution in [3.8, 4) is 0 Å². The van der Waals surface area contributed by atoms with E-state index in [1.54, 1.807) is 19.4 Å². The number of piperidine rings is 4. The van der Waals surface area contributed by atoms with Crippen LogP contribution >= 0.6 is 38.0 Å². The van der Waals surface area contributed by atoms with Crippen molar-refractivity contribution in [2.75, 3.05) is 65.9 Å². The topological polar surface area (TPSA) is 99.1 Å². The van der Waals surface area contributed by atoms with Gasteiger partial charge in [0.05, 0.1) is 32.8 Å². The molecule has 12 heteroatoms. The van der Waals surface area contributed by atoms with Crippen molar-refractivity contribution < 1.29 is 32.7 Å². The van der Waals surface area contributed by atoms with Crippen molar-refractivity contribution in [1.82, 2.24) is 4.90 Å². The van der Waals surface area contributed by atoms with Crippen molar-refractivity contribution in [1.29, 1.82) is 0 Å². The van der Waals surface area contributed by atoms with Gasteiger partial charge in [-0.3, -0.25) is 9.46 Å². The van der Waals surface area contributed by atoms with Gasteiger partial charge in [0.15, 0.2) is 0 Å². The Kier molecular flexibility index (Phi) is 15.6. The summed E-state index contributed by atoms with van der Waals surface area (Å²) in [5.74, 6) is 5.11. The maximum Gasteiger partial charge on any atom is 0.287 e. The van der Waals surface area contributed by atoms with Gasteiger partial charge in [0.2, 0.25) is 0 Å². The van der Waals surface area contributed by atoms with Crippen LogP contribution in [0, 0.1) is 35.5 Å². The van der Waals surface area contributed by atoms with E-state index in [9.17, 15) is 19.1 Å². The van der Waals surface area contributed by atoms with E-state index < -0.39 is 14.3 Å². The van der Waals surface area contributed by atoms with E-state index in [4.69, 9.17) is 11.2 Å². The summed E-state index contributed by atoms with van der Waals surface area (Å²) in [4.78, 5) is 12.7. The Morgan fingerprint density at radius 2 is 0.986 bits per heavy atom. The Morgan fingerprint density at radius 3 is 1.39 bits per heavy atom. The van der Waals surface area contributed by atoms with Gasteiger partial charge < -0.3 is 28.1 Å². The second-order valence-corrected chi connectivity index (χ2v) is 26.9. The quantitative estimate of drug-likeness (QED) is 0.0873. The summed E-state index contributed by atoms with van der Waals surface area (Å²) in [5, 5.41) is 26.5. The molecule has 14 rings (SSSR count). The zero-order valence-corrected chi connectivity index (χ0v) is 44.6. The third-order valence-corrected chi connectivity index (χ3v) is 17.8. The van der Waals surface area contributed by atoms with Crippen molar-refractivity contribution >= 4 is 103 Å². The highest BCUT2D eigenvalue weighted by Gasteiger charge is 2.51. The molecule has 2 aliphatic carbocycles. The third kappa shape index (κ3) is 11.2. The van der Waals surface area contributed by atoms with Crippen LogP contribution in [-0.2, 0) is 31.3 Å². The molecule has 0 spiro atoms. The Hall–Kier alpha value is -3.36. The number of nitrogens with zero attached hydrogens (tertiary/aromatic N) is 2. The van der Waals surface area contributed by atoms with Crippen molar-refractivity contribution in [2.24, 2.45) is 35.5 Å². The minimum Gasteiger partial charge on any atom is -0.779 e. The summed E-state index contributed by atoms with van der Waals surface area (Å²) in [6.45, 7) is 13.1. The SMILES string of the molecule is CCOP(C)(=O)[O-].CCO[P@](C)(=O)Cl.Cl.OCC1CC2CC(C1)CN(Cc1ccc3ccc4cccc5ccc1c3c45)C2.c1cc2ccc3ccc(C[N+]45CC6CC(CC(C6)C4)C5)c4ccc(c1)c2c34.